The minimum absolute atomic E-state index is 0.248. The fraction of sp³-hybridized carbons (Fsp3) is 0.0455. The van der Waals surface area contributed by atoms with Gasteiger partial charge < -0.3 is 4.74 Å². The van der Waals surface area contributed by atoms with Gasteiger partial charge in [-0.25, -0.2) is 10.2 Å². The maximum absolute atomic E-state index is 12.9. The van der Waals surface area contributed by atoms with Crippen molar-refractivity contribution >= 4 is 35.3 Å². The number of rotatable bonds is 2. The van der Waals surface area contributed by atoms with Crippen molar-refractivity contribution in [3.05, 3.63) is 89.2 Å². The van der Waals surface area contributed by atoms with Crippen LogP contribution in [0.25, 0.3) is 6.08 Å². The number of halogens is 1. The Kier molecular flexibility index (Phi) is 5.63. The van der Waals surface area contributed by atoms with Crippen molar-refractivity contribution in [3.8, 4) is 11.5 Å². The molecule has 0 radical (unpaired) electrons. The number of hydrazine groups is 1. The third-order valence-corrected chi connectivity index (χ3v) is 4.64. The van der Waals surface area contributed by atoms with Crippen molar-refractivity contribution in [1.82, 2.24) is 15.8 Å². The second-order valence-electron chi connectivity index (χ2n) is 6.44. The van der Waals surface area contributed by atoms with Crippen molar-refractivity contribution in [2.75, 3.05) is 4.90 Å². The first-order chi connectivity index (χ1) is 14.6. The molecule has 2 aromatic carbocycles. The number of carbonyl (C=O) groups is 2. The molecule has 1 aromatic heterocycles. The molecule has 8 heteroatoms. The molecular weight excluding hydrogens is 404 g/mol. The molecule has 1 aliphatic rings. The number of aromatic nitrogens is 1. The zero-order valence-corrected chi connectivity index (χ0v) is 16.5. The number of fused-ring (bicyclic) bond motifs is 2. The number of amides is 3. The minimum atomic E-state index is -0.524. The summed E-state index contributed by atoms with van der Waals surface area (Å²) in [7, 11) is 0. The molecule has 4 rings (SSSR count). The lowest BCUT2D eigenvalue weighted by molar-refractivity contribution is -0.117. The summed E-state index contributed by atoms with van der Waals surface area (Å²) in [5.74, 6) is 0.669. The van der Waals surface area contributed by atoms with Crippen LogP contribution in [0.15, 0.2) is 73.1 Å². The molecule has 2 heterocycles. The van der Waals surface area contributed by atoms with Crippen LogP contribution in [0.3, 0.4) is 0 Å². The number of urea groups is 1. The lowest BCUT2D eigenvalue weighted by Gasteiger charge is -2.22. The molecule has 0 unspecified atom stereocenters. The summed E-state index contributed by atoms with van der Waals surface area (Å²) in [4.78, 5) is 30.3. The molecule has 0 atom stereocenters. The Morgan fingerprint density at radius 1 is 1.03 bits per heavy atom. The van der Waals surface area contributed by atoms with Crippen LogP contribution in [0.1, 0.15) is 11.1 Å². The highest BCUT2D eigenvalue weighted by Crippen LogP contribution is 2.40. The van der Waals surface area contributed by atoms with Crippen molar-refractivity contribution in [2.45, 2.75) is 6.54 Å². The Labute approximate surface area is 177 Å². The van der Waals surface area contributed by atoms with Crippen molar-refractivity contribution in [1.29, 1.82) is 0 Å². The first kappa shape index (κ1) is 19.5. The third-order valence-electron chi connectivity index (χ3n) is 4.40. The van der Waals surface area contributed by atoms with Gasteiger partial charge in [0.1, 0.15) is 5.75 Å². The number of nitrogens with one attached hydrogen (secondary N) is 2. The number of nitrogens with zero attached hydrogens (tertiary/aromatic N) is 2. The Morgan fingerprint density at radius 3 is 2.67 bits per heavy atom. The lowest BCUT2D eigenvalue weighted by Crippen LogP contribution is -2.48. The highest BCUT2D eigenvalue weighted by atomic mass is 35.5. The van der Waals surface area contributed by atoms with Crippen LogP contribution in [0, 0.1) is 0 Å². The van der Waals surface area contributed by atoms with E-state index in [2.05, 4.69) is 15.8 Å². The number of para-hydroxylation sites is 1. The summed E-state index contributed by atoms with van der Waals surface area (Å²) in [6.07, 6.45) is 6.19. The summed E-state index contributed by atoms with van der Waals surface area (Å²) < 4.78 is 5.97. The van der Waals surface area contributed by atoms with E-state index in [-0.39, 0.29) is 6.54 Å². The van der Waals surface area contributed by atoms with Gasteiger partial charge in [0.2, 0.25) is 0 Å². The third kappa shape index (κ3) is 4.42. The van der Waals surface area contributed by atoms with Gasteiger partial charge in [-0.05, 0) is 48.0 Å². The molecule has 0 fully saturated rings. The number of benzene rings is 2. The van der Waals surface area contributed by atoms with Crippen LogP contribution in [0.5, 0.6) is 11.5 Å². The fourth-order valence-electron chi connectivity index (χ4n) is 2.95. The van der Waals surface area contributed by atoms with Crippen molar-refractivity contribution in [3.63, 3.8) is 0 Å². The standard InChI is InChI=1S/C22H17ClN4O3/c23-17-6-7-20-18(13-17)27(14-16-3-1-2-4-19(16)30-20)22(29)26-25-21(28)8-5-15-9-11-24-12-10-15/h1-13H,14H2,(H,25,28)(H,26,29)/b8-5+. The molecule has 2 N–H and O–H groups in total. The van der Waals surface area contributed by atoms with E-state index in [1.54, 1.807) is 48.8 Å². The predicted octanol–water partition coefficient (Wildman–Crippen LogP) is 4.30. The van der Waals surface area contributed by atoms with Crippen molar-refractivity contribution in [2.24, 2.45) is 0 Å². The molecule has 0 spiro atoms. The topological polar surface area (TPSA) is 83.6 Å². The minimum Gasteiger partial charge on any atom is -0.455 e. The van der Waals surface area contributed by atoms with Crippen LogP contribution < -0.4 is 20.5 Å². The summed E-state index contributed by atoms with van der Waals surface area (Å²) in [6.45, 7) is 0.248. The number of pyridine rings is 1. The Hall–Kier alpha value is -3.84. The maximum Gasteiger partial charge on any atom is 0.341 e. The zero-order chi connectivity index (χ0) is 20.9. The Balaban J connectivity index is 1.50. The second-order valence-corrected chi connectivity index (χ2v) is 6.88. The van der Waals surface area contributed by atoms with E-state index in [0.717, 1.165) is 11.1 Å². The molecule has 3 aromatic rings. The summed E-state index contributed by atoms with van der Waals surface area (Å²) >= 11 is 6.14. The molecule has 30 heavy (non-hydrogen) atoms. The van der Waals surface area contributed by atoms with Crippen LogP contribution in [-0.4, -0.2) is 16.9 Å². The van der Waals surface area contributed by atoms with E-state index in [9.17, 15) is 9.59 Å². The number of hydrogen-bond acceptors (Lipinski definition) is 4. The average Bonchev–Trinajstić information content (AvgIpc) is 2.93. The number of hydrogen-bond donors (Lipinski definition) is 2. The fourth-order valence-corrected chi connectivity index (χ4v) is 3.11. The van der Waals surface area contributed by atoms with Gasteiger partial charge >= 0.3 is 6.03 Å². The number of anilines is 1. The first-order valence-electron chi connectivity index (χ1n) is 9.11. The van der Waals surface area contributed by atoms with Crippen molar-refractivity contribution < 1.29 is 14.3 Å². The second kappa shape index (κ2) is 8.67. The van der Waals surface area contributed by atoms with E-state index in [1.165, 1.54) is 11.0 Å². The van der Waals surface area contributed by atoms with Gasteiger partial charge in [-0.2, -0.15) is 0 Å². The molecule has 1 aliphatic heterocycles. The van der Waals surface area contributed by atoms with Gasteiger partial charge in [0.05, 0.1) is 12.2 Å². The zero-order valence-electron chi connectivity index (χ0n) is 15.7. The van der Waals surface area contributed by atoms with Crippen LogP contribution >= 0.6 is 11.6 Å². The van der Waals surface area contributed by atoms with Gasteiger partial charge in [-0.3, -0.25) is 20.1 Å². The molecule has 0 bridgehead atoms. The SMILES string of the molecule is O=C(/C=C/c1ccncc1)NNC(=O)N1Cc2ccccc2Oc2ccc(Cl)cc21. The number of carbonyl (C=O) groups excluding carboxylic acids is 2. The molecule has 3 amide bonds. The van der Waals surface area contributed by atoms with Gasteiger partial charge in [-0.1, -0.05) is 29.8 Å². The quantitative estimate of drug-likeness (QED) is 0.478. The lowest BCUT2D eigenvalue weighted by atomic mass is 10.2. The van der Waals surface area contributed by atoms with Gasteiger partial charge in [-0.15, -0.1) is 0 Å². The largest absolute Gasteiger partial charge is 0.455 e. The normalized spacial score (nSPS) is 12.4. The van der Waals surface area contributed by atoms with Crippen LogP contribution in [0.2, 0.25) is 5.02 Å². The van der Waals surface area contributed by atoms with E-state index in [0.29, 0.717) is 22.2 Å². The molecule has 150 valence electrons. The molecule has 7 nitrogen and oxygen atoms in total. The molecule has 0 saturated carbocycles. The van der Waals surface area contributed by atoms with Crippen LogP contribution in [0.4, 0.5) is 10.5 Å². The van der Waals surface area contributed by atoms with E-state index in [4.69, 9.17) is 16.3 Å². The maximum atomic E-state index is 12.9. The van der Waals surface area contributed by atoms with Crippen LogP contribution in [-0.2, 0) is 11.3 Å². The van der Waals surface area contributed by atoms with E-state index >= 15 is 0 Å². The monoisotopic (exact) mass is 420 g/mol. The Bertz CT molecular complexity index is 1120. The highest BCUT2D eigenvalue weighted by Gasteiger charge is 2.25. The summed E-state index contributed by atoms with van der Waals surface area (Å²) in [5, 5.41) is 0.463. The molecule has 0 saturated heterocycles. The molecular formula is C22H17ClN4O3. The highest BCUT2D eigenvalue weighted by molar-refractivity contribution is 6.31. The first-order valence-corrected chi connectivity index (χ1v) is 9.49. The Morgan fingerprint density at radius 2 is 1.83 bits per heavy atom. The summed E-state index contributed by atoms with van der Waals surface area (Å²) in [5.41, 5.74) is 6.95. The van der Waals surface area contributed by atoms with Gasteiger partial charge in [0.15, 0.2) is 5.75 Å². The van der Waals surface area contributed by atoms with Gasteiger partial charge in [0, 0.05) is 29.1 Å². The predicted molar refractivity (Wildman–Crippen MR) is 114 cm³/mol. The molecule has 0 aliphatic carbocycles. The van der Waals surface area contributed by atoms with Gasteiger partial charge in [0.25, 0.3) is 5.91 Å². The summed E-state index contributed by atoms with van der Waals surface area (Å²) in [6, 6.07) is 15.5. The number of ether oxygens (including phenoxy) is 1. The van der Waals surface area contributed by atoms with E-state index in [1.807, 2.05) is 24.3 Å². The van der Waals surface area contributed by atoms with E-state index < -0.39 is 11.9 Å². The average molecular weight is 421 g/mol. The smallest absolute Gasteiger partial charge is 0.341 e.